The molecule has 8 heteroatoms. The van der Waals surface area contributed by atoms with Gasteiger partial charge in [0.15, 0.2) is 0 Å². The summed E-state index contributed by atoms with van der Waals surface area (Å²) in [6, 6.07) is 6.16. The van der Waals surface area contributed by atoms with Gasteiger partial charge < -0.3 is 14.5 Å². The number of halogens is 3. The summed E-state index contributed by atoms with van der Waals surface area (Å²) in [5, 5.41) is 1.02. The number of hydrogen-bond donors (Lipinski definition) is 0. The lowest BCUT2D eigenvalue weighted by atomic mass is 9.94. The van der Waals surface area contributed by atoms with E-state index in [-0.39, 0.29) is 17.6 Å². The van der Waals surface area contributed by atoms with Gasteiger partial charge in [-0.25, -0.2) is 9.18 Å². The van der Waals surface area contributed by atoms with Crippen LogP contribution >= 0.6 is 23.2 Å². The molecule has 0 unspecified atom stereocenters. The van der Waals surface area contributed by atoms with Crippen molar-refractivity contribution in [3.63, 3.8) is 0 Å². The van der Waals surface area contributed by atoms with E-state index in [9.17, 15) is 9.18 Å². The maximum absolute atomic E-state index is 13.4. The van der Waals surface area contributed by atoms with Gasteiger partial charge in [-0.3, -0.25) is 4.90 Å². The van der Waals surface area contributed by atoms with E-state index in [1.54, 1.807) is 18.0 Å². The first-order valence-corrected chi connectivity index (χ1v) is 12.3. The fraction of sp³-hybridized carbons (Fsp3) is 0.708. The number of benzene rings is 1. The van der Waals surface area contributed by atoms with Crippen molar-refractivity contribution < 1.29 is 13.9 Å². The summed E-state index contributed by atoms with van der Waals surface area (Å²) >= 11 is 12.4. The average molecular weight is 488 g/mol. The molecule has 180 valence electrons. The molecule has 0 aliphatic carbocycles. The van der Waals surface area contributed by atoms with Crippen LogP contribution in [-0.2, 0) is 4.74 Å². The largest absolute Gasteiger partial charge is 0.449 e. The minimum Gasteiger partial charge on any atom is -0.449 e. The summed E-state index contributed by atoms with van der Waals surface area (Å²) in [5.74, 6) is 0.0309. The van der Waals surface area contributed by atoms with E-state index in [4.69, 9.17) is 27.9 Å². The molecular formula is C24H36Cl2FN3O2. The second-order valence-corrected chi connectivity index (χ2v) is 10.9. The molecule has 2 aliphatic heterocycles. The zero-order valence-electron chi connectivity index (χ0n) is 19.6. The smallest absolute Gasteiger partial charge is 0.409 e. The summed E-state index contributed by atoms with van der Waals surface area (Å²) in [6.45, 7) is 10.9. The van der Waals surface area contributed by atoms with Gasteiger partial charge in [-0.15, -0.1) is 0 Å². The Hall–Kier alpha value is -1.08. The van der Waals surface area contributed by atoms with Crippen LogP contribution in [0.25, 0.3) is 0 Å². The Morgan fingerprint density at radius 1 is 1.22 bits per heavy atom. The van der Waals surface area contributed by atoms with E-state index in [1.165, 1.54) is 0 Å². The van der Waals surface area contributed by atoms with Crippen LogP contribution in [0.4, 0.5) is 9.18 Å². The van der Waals surface area contributed by atoms with E-state index in [2.05, 4.69) is 9.80 Å². The predicted molar refractivity (Wildman–Crippen MR) is 129 cm³/mol. The van der Waals surface area contributed by atoms with Gasteiger partial charge in [-0.1, -0.05) is 29.3 Å². The number of alkyl halides is 1. The third-order valence-corrected chi connectivity index (χ3v) is 7.55. The Labute approximate surface area is 201 Å². The van der Waals surface area contributed by atoms with Crippen molar-refractivity contribution in [3.8, 4) is 0 Å². The Morgan fingerprint density at radius 3 is 2.47 bits per heavy atom. The lowest BCUT2D eigenvalue weighted by molar-refractivity contribution is 0.00766. The first-order chi connectivity index (χ1) is 15.0. The van der Waals surface area contributed by atoms with Gasteiger partial charge >= 0.3 is 6.09 Å². The van der Waals surface area contributed by atoms with Crippen LogP contribution in [0.2, 0.25) is 10.0 Å². The number of piperidine rings is 1. The number of carbonyl (C=O) groups is 1. The molecule has 3 rings (SSSR count). The molecule has 2 fully saturated rings. The fourth-order valence-electron chi connectivity index (χ4n) is 4.18. The highest BCUT2D eigenvalue weighted by atomic mass is 35.5. The first-order valence-electron chi connectivity index (χ1n) is 11.5. The number of nitrogens with zero attached hydrogens (tertiary/aromatic N) is 3. The number of ether oxygens (including phenoxy) is 1. The first kappa shape index (κ1) is 25.5. The molecule has 5 nitrogen and oxygen atoms in total. The van der Waals surface area contributed by atoms with Crippen LogP contribution in [0.3, 0.4) is 0 Å². The van der Waals surface area contributed by atoms with E-state index in [0.717, 1.165) is 44.7 Å². The molecule has 0 N–H and O–H groups in total. The van der Waals surface area contributed by atoms with Gasteiger partial charge in [-0.2, -0.15) is 0 Å². The highest BCUT2D eigenvalue weighted by Gasteiger charge is 2.34. The lowest BCUT2D eigenvalue weighted by Crippen LogP contribution is -2.60. The van der Waals surface area contributed by atoms with Crippen LogP contribution in [0, 0.1) is 0 Å². The van der Waals surface area contributed by atoms with Crippen molar-refractivity contribution in [1.29, 1.82) is 0 Å². The SMILES string of the molecule is CN(C(=O)OC[C@@H](CCN1CC(N2CCC(F)CC2)C1)c1ccc(Cl)c(Cl)c1)C(C)(C)C. The van der Waals surface area contributed by atoms with Crippen molar-refractivity contribution in [3.05, 3.63) is 33.8 Å². The molecule has 32 heavy (non-hydrogen) atoms. The molecule has 0 aromatic heterocycles. The van der Waals surface area contributed by atoms with Crippen LogP contribution in [-0.4, -0.2) is 84.9 Å². The minimum absolute atomic E-state index is 0.0309. The number of likely N-dealkylation sites (tertiary alicyclic amines) is 2. The standard InChI is InChI=1S/C24H36Cl2FN3O2/c1-24(2,3)28(4)23(31)32-16-18(17-5-6-21(25)22(26)13-17)7-10-29-14-20(15-29)30-11-8-19(27)9-12-30/h5-6,13,18-20H,7-12,14-16H2,1-4H3/t18-/m1/s1. The summed E-state index contributed by atoms with van der Waals surface area (Å²) in [6.07, 6.45) is 1.20. The van der Waals surface area contributed by atoms with E-state index >= 15 is 0 Å². The fourth-order valence-corrected chi connectivity index (χ4v) is 4.49. The molecule has 1 atom stereocenters. The molecule has 2 heterocycles. The molecule has 0 bridgehead atoms. The monoisotopic (exact) mass is 487 g/mol. The quantitative estimate of drug-likeness (QED) is 0.511. The molecule has 2 aliphatic rings. The average Bonchev–Trinajstić information content (AvgIpc) is 2.70. The van der Waals surface area contributed by atoms with E-state index in [1.807, 2.05) is 32.9 Å². The topological polar surface area (TPSA) is 36.0 Å². The summed E-state index contributed by atoms with van der Waals surface area (Å²) in [7, 11) is 1.75. The van der Waals surface area contributed by atoms with Crippen LogP contribution in [0.15, 0.2) is 18.2 Å². The van der Waals surface area contributed by atoms with E-state index in [0.29, 0.717) is 35.5 Å². The second-order valence-electron chi connectivity index (χ2n) is 10.1. The van der Waals surface area contributed by atoms with Gasteiger partial charge in [0, 0.05) is 50.7 Å². The lowest BCUT2D eigenvalue weighted by Gasteiger charge is -2.47. The number of carbonyl (C=O) groups excluding carboxylic acids is 1. The molecule has 0 spiro atoms. The maximum Gasteiger partial charge on any atom is 0.409 e. The number of hydrogen-bond acceptors (Lipinski definition) is 4. The Morgan fingerprint density at radius 2 is 1.88 bits per heavy atom. The molecule has 1 aromatic carbocycles. The summed E-state index contributed by atoms with van der Waals surface area (Å²) in [4.78, 5) is 19.0. The normalized spacial score (nSPS) is 20.1. The minimum atomic E-state index is -0.630. The van der Waals surface area contributed by atoms with Gasteiger partial charge in [0.25, 0.3) is 0 Å². The van der Waals surface area contributed by atoms with Crippen LogP contribution in [0.1, 0.15) is 51.5 Å². The van der Waals surface area contributed by atoms with E-state index < -0.39 is 6.17 Å². The highest BCUT2D eigenvalue weighted by Crippen LogP contribution is 2.30. The third kappa shape index (κ3) is 6.72. The summed E-state index contributed by atoms with van der Waals surface area (Å²) in [5.41, 5.74) is 0.715. The second kappa shape index (κ2) is 10.9. The zero-order valence-corrected chi connectivity index (χ0v) is 21.1. The van der Waals surface area contributed by atoms with Crippen molar-refractivity contribution in [1.82, 2.24) is 14.7 Å². The molecule has 1 amide bonds. The van der Waals surface area contributed by atoms with Gasteiger partial charge in [0.2, 0.25) is 0 Å². The molecule has 1 aromatic rings. The Balaban J connectivity index is 1.55. The van der Waals surface area contributed by atoms with Gasteiger partial charge in [0.1, 0.15) is 12.8 Å². The van der Waals surface area contributed by atoms with Gasteiger partial charge in [-0.05, 0) is 64.3 Å². The predicted octanol–water partition coefficient (Wildman–Crippen LogP) is 5.45. The van der Waals surface area contributed by atoms with Crippen molar-refractivity contribution in [2.24, 2.45) is 0 Å². The number of amides is 1. The molecule has 0 saturated carbocycles. The summed E-state index contributed by atoms with van der Waals surface area (Å²) < 4.78 is 19.1. The Bertz CT molecular complexity index is 775. The third-order valence-electron chi connectivity index (χ3n) is 6.81. The number of rotatable bonds is 7. The molecular weight excluding hydrogens is 452 g/mol. The van der Waals surface area contributed by atoms with Crippen molar-refractivity contribution >= 4 is 29.3 Å². The maximum atomic E-state index is 13.4. The Kier molecular flexibility index (Phi) is 8.70. The van der Waals surface area contributed by atoms with Gasteiger partial charge in [0.05, 0.1) is 10.0 Å². The van der Waals surface area contributed by atoms with Crippen LogP contribution in [0.5, 0.6) is 0 Å². The zero-order chi connectivity index (χ0) is 23.5. The van der Waals surface area contributed by atoms with Crippen LogP contribution < -0.4 is 0 Å². The molecule has 0 radical (unpaired) electrons. The van der Waals surface area contributed by atoms with Crippen molar-refractivity contribution in [2.45, 2.75) is 63.7 Å². The molecule has 2 saturated heterocycles. The highest BCUT2D eigenvalue weighted by molar-refractivity contribution is 6.42. The van der Waals surface area contributed by atoms with Crippen molar-refractivity contribution in [2.75, 3.05) is 46.4 Å².